The van der Waals surface area contributed by atoms with Crippen molar-refractivity contribution < 1.29 is 8.78 Å². The van der Waals surface area contributed by atoms with E-state index in [1.165, 1.54) is 18.2 Å². The quantitative estimate of drug-likeness (QED) is 0.913. The summed E-state index contributed by atoms with van der Waals surface area (Å²) in [6, 6.07) is 5.53. The number of rotatable bonds is 5. The second-order valence-electron chi connectivity index (χ2n) is 4.59. The summed E-state index contributed by atoms with van der Waals surface area (Å²) in [6.07, 6.45) is 0. The fourth-order valence-corrected chi connectivity index (χ4v) is 2.05. The summed E-state index contributed by atoms with van der Waals surface area (Å²) in [5.41, 5.74) is 0.486. The Morgan fingerprint density at radius 2 is 1.71 bits per heavy atom. The van der Waals surface area contributed by atoms with Crippen molar-refractivity contribution in [3.63, 3.8) is 0 Å². The fourth-order valence-electron chi connectivity index (χ4n) is 2.05. The zero-order valence-electron chi connectivity index (χ0n) is 12.3. The van der Waals surface area contributed by atoms with E-state index in [-0.39, 0.29) is 11.6 Å². The zero-order chi connectivity index (χ0) is 15.4. The third-order valence-corrected chi connectivity index (χ3v) is 3.13. The Labute approximate surface area is 122 Å². The molecule has 1 heterocycles. The molecule has 0 saturated heterocycles. The number of halogens is 2. The number of aromatic nitrogens is 2. The van der Waals surface area contributed by atoms with Crippen molar-refractivity contribution in [3.05, 3.63) is 41.6 Å². The van der Waals surface area contributed by atoms with Crippen molar-refractivity contribution in [1.29, 1.82) is 0 Å². The largest absolute Gasteiger partial charge is 0.357 e. The number of benzene rings is 1. The van der Waals surface area contributed by atoms with E-state index in [4.69, 9.17) is 0 Å². The third kappa shape index (κ3) is 3.45. The normalized spacial score (nSPS) is 10.5. The second-order valence-corrected chi connectivity index (χ2v) is 4.59. The van der Waals surface area contributed by atoms with Crippen molar-refractivity contribution in [2.24, 2.45) is 0 Å². The fraction of sp³-hybridized carbons (Fsp3) is 0.333. The molecule has 2 rings (SSSR count). The highest BCUT2D eigenvalue weighted by Crippen LogP contribution is 2.23. The molecule has 1 N–H and O–H groups in total. The first-order valence-corrected chi connectivity index (χ1v) is 6.86. The predicted octanol–water partition coefficient (Wildman–Crippen LogP) is 3.65. The van der Waals surface area contributed by atoms with Gasteiger partial charge in [-0.15, -0.1) is 0 Å². The van der Waals surface area contributed by atoms with E-state index in [9.17, 15) is 8.78 Å². The highest BCUT2D eigenvalue weighted by molar-refractivity contribution is 5.57. The van der Waals surface area contributed by atoms with Gasteiger partial charge in [-0.2, -0.15) is 4.98 Å². The van der Waals surface area contributed by atoms with Gasteiger partial charge in [-0.25, -0.2) is 13.8 Å². The van der Waals surface area contributed by atoms with Crippen LogP contribution in [-0.4, -0.2) is 23.1 Å². The molecule has 0 amide bonds. The van der Waals surface area contributed by atoms with Crippen molar-refractivity contribution in [2.45, 2.75) is 20.8 Å². The first-order chi connectivity index (χ1) is 10.0. The molecule has 112 valence electrons. The van der Waals surface area contributed by atoms with Crippen molar-refractivity contribution in [3.8, 4) is 0 Å². The summed E-state index contributed by atoms with van der Waals surface area (Å²) in [5.74, 6) is -0.443. The lowest BCUT2D eigenvalue weighted by Crippen LogP contribution is -2.23. The van der Waals surface area contributed by atoms with E-state index in [0.717, 1.165) is 24.6 Å². The van der Waals surface area contributed by atoms with Crippen LogP contribution in [0.2, 0.25) is 0 Å². The van der Waals surface area contributed by atoms with Gasteiger partial charge in [0.15, 0.2) is 0 Å². The summed E-state index contributed by atoms with van der Waals surface area (Å²) in [5, 5.41) is 2.63. The average Bonchev–Trinajstić information content (AvgIpc) is 2.44. The van der Waals surface area contributed by atoms with Gasteiger partial charge in [0.2, 0.25) is 5.95 Å². The Balaban J connectivity index is 2.36. The Bertz CT molecular complexity index is 607. The molecule has 0 aliphatic rings. The highest BCUT2D eigenvalue weighted by Gasteiger charge is 2.12. The van der Waals surface area contributed by atoms with Gasteiger partial charge in [-0.1, -0.05) is 6.07 Å². The SMILES string of the molecule is CCN(CC)c1cc(C)nc(Nc2c(F)cccc2F)n1. The van der Waals surface area contributed by atoms with Crippen LogP contribution >= 0.6 is 0 Å². The minimum atomic E-state index is -0.676. The van der Waals surface area contributed by atoms with Crippen molar-refractivity contribution in [1.82, 2.24) is 9.97 Å². The molecule has 0 fully saturated rings. The van der Waals surface area contributed by atoms with Crippen LogP contribution in [0.5, 0.6) is 0 Å². The van der Waals surface area contributed by atoms with Gasteiger partial charge < -0.3 is 10.2 Å². The number of nitrogens with zero attached hydrogens (tertiary/aromatic N) is 3. The predicted molar refractivity (Wildman–Crippen MR) is 80.0 cm³/mol. The first-order valence-electron chi connectivity index (χ1n) is 6.86. The van der Waals surface area contributed by atoms with Gasteiger partial charge in [-0.3, -0.25) is 0 Å². The average molecular weight is 292 g/mol. The van der Waals surface area contributed by atoms with Gasteiger partial charge in [0.05, 0.1) is 0 Å². The molecule has 21 heavy (non-hydrogen) atoms. The molecule has 6 heteroatoms. The molecule has 0 saturated carbocycles. The molecule has 0 atom stereocenters. The Morgan fingerprint density at radius 3 is 2.29 bits per heavy atom. The minimum Gasteiger partial charge on any atom is -0.357 e. The van der Waals surface area contributed by atoms with E-state index in [2.05, 4.69) is 15.3 Å². The maximum absolute atomic E-state index is 13.7. The Morgan fingerprint density at radius 1 is 1.10 bits per heavy atom. The van der Waals surface area contributed by atoms with Gasteiger partial charge in [-0.05, 0) is 32.9 Å². The lowest BCUT2D eigenvalue weighted by molar-refractivity contribution is 0.590. The molecule has 4 nitrogen and oxygen atoms in total. The molecule has 0 spiro atoms. The summed E-state index contributed by atoms with van der Waals surface area (Å²) in [7, 11) is 0. The molecule has 0 radical (unpaired) electrons. The number of nitrogens with one attached hydrogen (secondary N) is 1. The Kier molecular flexibility index (Phi) is 4.67. The highest BCUT2D eigenvalue weighted by atomic mass is 19.1. The topological polar surface area (TPSA) is 41.1 Å². The summed E-state index contributed by atoms with van der Waals surface area (Å²) >= 11 is 0. The summed E-state index contributed by atoms with van der Waals surface area (Å²) in [4.78, 5) is 10.5. The van der Waals surface area contributed by atoms with Crippen LogP contribution in [0.3, 0.4) is 0 Å². The van der Waals surface area contributed by atoms with Gasteiger partial charge in [0.1, 0.15) is 23.1 Å². The molecule has 0 bridgehead atoms. The molecule has 1 aromatic carbocycles. The van der Waals surface area contributed by atoms with Gasteiger partial charge >= 0.3 is 0 Å². The van der Waals surface area contributed by atoms with Crippen LogP contribution in [0.4, 0.5) is 26.2 Å². The van der Waals surface area contributed by atoms with Crippen LogP contribution in [-0.2, 0) is 0 Å². The standard InChI is InChI=1S/C15H18F2N4/c1-4-21(5-2)13-9-10(3)18-15(19-13)20-14-11(16)7-6-8-12(14)17/h6-9H,4-5H2,1-3H3,(H,18,19,20). The smallest absolute Gasteiger partial charge is 0.229 e. The zero-order valence-corrected chi connectivity index (χ0v) is 12.3. The lowest BCUT2D eigenvalue weighted by atomic mass is 10.3. The molecule has 0 unspecified atom stereocenters. The number of aryl methyl sites for hydroxylation is 1. The number of hydrogen-bond acceptors (Lipinski definition) is 4. The molecule has 0 aliphatic heterocycles. The maximum atomic E-state index is 13.7. The van der Waals surface area contributed by atoms with E-state index in [1.54, 1.807) is 0 Å². The van der Waals surface area contributed by atoms with E-state index in [1.807, 2.05) is 31.7 Å². The van der Waals surface area contributed by atoms with Gasteiger partial charge in [0, 0.05) is 24.8 Å². The van der Waals surface area contributed by atoms with Crippen LogP contribution in [0, 0.1) is 18.6 Å². The van der Waals surface area contributed by atoms with Crippen LogP contribution < -0.4 is 10.2 Å². The second kappa shape index (κ2) is 6.47. The van der Waals surface area contributed by atoms with E-state index < -0.39 is 11.6 Å². The monoisotopic (exact) mass is 292 g/mol. The number of para-hydroxylation sites is 1. The molecular weight excluding hydrogens is 274 g/mol. The van der Waals surface area contributed by atoms with Crippen LogP contribution in [0.1, 0.15) is 19.5 Å². The van der Waals surface area contributed by atoms with Gasteiger partial charge in [0.25, 0.3) is 0 Å². The third-order valence-electron chi connectivity index (χ3n) is 3.13. The Hall–Kier alpha value is -2.24. The number of anilines is 3. The van der Waals surface area contributed by atoms with Crippen LogP contribution in [0.25, 0.3) is 0 Å². The maximum Gasteiger partial charge on any atom is 0.229 e. The number of hydrogen-bond donors (Lipinski definition) is 1. The van der Waals surface area contributed by atoms with E-state index in [0.29, 0.717) is 0 Å². The minimum absolute atomic E-state index is 0.181. The first kappa shape index (κ1) is 15.2. The van der Waals surface area contributed by atoms with Crippen LogP contribution in [0.15, 0.2) is 24.3 Å². The summed E-state index contributed by atoms with van der Waals surface area (Å²) in [6.45, 7) is 7.44. The molecule has 0 aliphatic carbocycles. The molecule has 1 aromatic heterocycles. The summed E-state index contributed by atoms with van der Waals surface area (Å²) < 4.78 is 27.3. The molecule has 2 aromatic rings. The van der Waals surface area contributed by atoms with Crippen molar-refractivity contribution in [2.75, 3.05) is 23.3 Å². The van der Waals surface area contributed by atoms with Crippen molar-refractivity contribution >= 4 is 17.5 Å². The van der Waals surface area contributed by atoms with E-state index >= 15 is 0 Å². The lowest BCUT2D eigenvalue weighted by Gasteiger charge is -2.20. The molecular formula is C15H18F2N4.